The molecule has 0 bridgehead atoms. The van der Waals surface area contributed by atoms with Gasteiger partial charge in [-0.05, 0) is 6.07 Å². The van der Waals surface area contributed by atoms with E-state index < -0.39 is 11.9 Å². The van der Waals surface area contributed by atoms with Crippen LogP contribution in [0.25, 0.3) is 10.9 Å². The number of pyridine rings is 1. The number of carbonyl (C=O) groups excluding carboxylic acids is 1. The molecule has 0 aromatic carbocycles. The zero-order valence-corrected chi connectivity index (χ0v) is 7.30. The maximum Gasteiger partial charge on any atom is 0.433 e. The van der Waals surface area contributed by atoms with Crippen molar-refractivity contribution in [2.75, 3.05) is 0 Å². The zero-order valence-electron chi connectivity index (χ0n) is 7.30. The van der Waals surface area contributed by atoms with Crippen molar-refractivity contribution in [1.29, 1.82) is 0 Å². The Hall–Kier alpha value is -1.85. The molecular weight excluding hydrogens is 209 g/mol. The van der Waals surface area contributed by atoms with Crippen LogP contribution in [0, 0.1) is 0 Å². The molecule has 2 aromatic heterocycles. The maximum absolute atomic E-state index is 12.3. The van der Waals surface area contributed by atoms with Crippen LogP contribution in [0.5, 0.6) is 0 Å². The number of hydrogen-bond donors (Lipinski definition) is 1. The third-order valence-electron chi connectivity index (χ3n) is 2.02. The molecule has 0 radical (unpaired) electrons. The van der Waals surface area contributed by atoms with Crippen molar-refractivity contribution in [3.63, 3.8) is 0 Å². The van der Waals surface area contributed by atoms with Gasteiger partial charge in [-0.2, -0.15) is 13.2 Å². The number of aromatic nitrogens is 2. The summed E-state index contributed by atoms with van der Waals surface area (Å²) in [4.78, 5) is 16.3. The molecule has 1 N–H and O–H groups in total. The monoisotopic (exact) mass is 214 g/mol. The summed E-state index contributed by atoms with van der Waals surface area (Å²) >= 11 is 0. The molecule has 3 nitrogen and oxygen atoms in total. The lowest BCUT2D eigenvalue weighted by atomic mass is 10.2. The van der Waals surface area contributed by atoms with E-state index in [0.29, 0.717) is 17.2 Å². The molecule has 0 unspecified atom stereocenters. The van der Waals surface area contributed by atoms with Crippen LogP contribution in [0.2, 0.25) is 0 Å². The summed E-state index contributed by atoms with van der Waals surface area (Å²) in [5.74, 6) is 0. The number of hydrogen-bond acceptors (Lipinski definition) is 2. The fourth-order valence-corrected chi connectivity index (χ4v) is 1.29. The first-order valence-corrected chi connectivity index (χ1v) is 4.02. The normalized spacial score (nSPS) is 11.9. The maximum atomic E-state index is 12.3. The van der Waals surface area contributed by atoms with Gasteiger partial charge in [0.05, 0.1) is 0 Å². The number of alkyl halides is 3. The van der Waals surface area contributed by atoms with Gasteiger partial charge in [0.2, 0.25) is 0 Å². The van der Waals surface area contributed by atoms with Crippen LogP contribution < -0.4 is 0 Å². The van der Waals surface area contributed by atoms with Crippen LogP contribution in [0.15, 0.2) is 18.5 Å². The van der Waals surface area contributed by atoms with Gasteiger partial charge in [0.25, 0.3) is 0 Å². The Morgan fingerprint density at radius 3 is 2.73 bits per heavy atom. The fraction of sp³-hybridized carbons (Fsp3) is 0.111. The van der Waals surface area contributed by atoms with Crippen LogP contribution in [-0.2, 0) is 6.18 Å². The van der Waals surface area contributed by atoms with Crippen molar-refractivity contribution in [1.82, 2.24) is 9.97 Å². The number of aromatic amines is 1. The minimum atomic E-state index is -4.47. The summed E-state index contributed by atoms with van der Waals surface area (Å²) in [5.41, 5.74) is -0.431. The van der Waals surface area contributed by atoms with E-state index in [-0.39, 0.29) is 5.52 Å². The Morgan fingerprint density at radius 2 is 2.13 bits per heavy atom. The first-order chi connectivity index (χ1) is 7.02. The lowest BCUT2D eigenvalue weighted by molar-refractivity contribution is -0.141. The van der Waals surface area contributed by atoms with Crippen molar-refractivity contribution in [3.8, 4) is 0 Å². The van der Waals surface area contributed by atoms with Crippen LogP contribution in [-0.4, -0.2) is 16.3 Å². The van der Waals surface area contributed by atoms with Crippen molar-refractivity contribution < 1.29 is 18.0 Å². The third kappa shape index (κ3) is 1.58. The van der Waals surface area contributed by atoms with Gasteiger partial charge in [-0.25, -0.2) is 0 Å². The van der Waals surface area contributed by atoms with Gasteiger partial charge in [-0.1, -0.05) is 0 Å². The Kier molecular flexibility index (Phi) is 1.99. The summed E-state index contributed by atoms with van der Waals surface area (Å²) in [7, 11) is 0. The predicted molar refractivity (Wildman–Crippen MR) is 46.5 cm³/mol. The van der Waals surface area contributed by atoms with Crippen LogP contribution >= 0.6 is 0 Å². The summed E-state index contributed by atoms with van der Waals surface area (Å²) in [6.07, 6.45) is -1.52. The molecule has 78 valence electrons. The molecule has 0 fully saturated rings. The summed E-state index contributed by atoms with van der Waals surface area (Å²) < 4.78 is 36.8. The minimum Gasteiger partial charge on any atom is -0.360 e. The smallest absolute Gasteiger partial charge is 0.360 e. The molecule has 6 heteroatoms. The number of aldehydes is 1. The lowest BCUT2D eigenvalue weighted by Crippen LogP contribution is -2.07. The van der Waals surface area contributed by atoms with Crippen molar-refractivity contribution in [3.05, 3.63) is 29.7 Å². The van der Waals surface area contributed by atoms with E-state index in [0.717, 1.165) is 12.3 Å². The van der Waals surface area contributed by atoms with E-state index in [4.69, 9.17) is 0 Å². The highest BCUT2D eigenvalue weighted by Crippen LogP contribution is 2.29. The average molecular weight is 214 g/mol. The zero-order chi connectivity index (χ0) is 11.1. The number of H-pyrrole nitrogens is 1. The lowest BCUT2D eigenvalue weighted by Gasteiger charge is -2.04. The number of nitrogens with zero attached hydrogens (tertiary/aromatic N) is 1. The second-order valence-electron chi connectivity index (χ2n) is 2.97. The van der Waals surface area contributed by atoms with Crippen molar-refractivity contribution >= 4 is 17.2 Å². The summed E-state index contributed by atoms with van der Waals surface area (Å²) in [5, 5.41) is 0.387. The second kappa shape index (κ2) is 3.08. The molecule has 0 aliphatic heterocycles. The molecule has 0 amide bonds. The molecule has 2 heterocycles. The highest BCUT2D eigenvalue weighted by atomic mass is 19.4. The van der Waals surface area contributed by atoms with Gasteiger partial charge in [0.15, 0.2) is 6.29 Å². The molecule has 0 aliphatic rings. The van der Waals surface area contributed by atoms with E-state index in [2.05, 4.69) is 9.97 Å². The van der Waals surface area contributed by atoms with Gasteiger partial charge >= 0.3 is 6.18 Å². The minimum absolute atomic E-state index is 0.249. The van der Waals surface area contributed by atoms with Crippen LogP contribution in [0.4, 0.5) is 13.2 Å². The van der Waals surface area contributed by atoms with Crippen LogP contribution in [0.1, 0.15) is 16.1 Å². The standard InChI is InChI=1S/C9H5F3N2O/c10-9(11,12)8-1-7-6(3-14-8)5(4-15)2-13-7/h1-4,13H. The molecule has 0 spiro atoms. The molecule has 15 heavy (non-hydrogen) atoms. The molecular formula is C9H5F3N2O. The highest BCUT2D eigenvalue weighted by Gasteiger charge is 2.32. The van der Waals surface area contributed by atoms with Gasteiger partial charge in [-0.3, -0.25) is 9.78 Å². The van der Waals surface area contributed by atoms with Gasteiger partial charge in [0.1, 0.15) is 5.69 Å². The van der Waals surface area contributed by atoms with Crippen molar-refractivity contribution in [2.24, 2.45) is 0 Å². The number of halogens is 3. The highest BCUT2D eigenvalue weighted by molar-refractivity contribution is 5.96. The SMILES string of the molecule is O=Cc1c[nH]c2cc(C(F)(F)F)ncc12. The summed E-state index contributed by atoms with van der Waals surface area (Å²) in [6, 6.07) is 0.877. The molecule has 2 rings (SSSR count). The van der Waals surface area contributed by atoms with E-state index >= 15 is 0 Å². The van der Waals surface area contributed by atoms with Gasteiger partial charge in [-0.15, -0.1) is 0 Å². The second-order valence-corrected chi connectivity index (χ2v) is 2.97. The average Bonchev–Trinajstić information content (AvgIpc) is 2.58. The Balaban J connectivity index is 2.63. The third-order valence-corrected chi connectivity index (χ3v) is 2.02. The Bertz CT molecular complexity index is 516. The Morgan fingerprint density at radius 1 is 1.40 bits per heavy atom. The van der Waals surface area contributed by atoms with E-state index in [1.54, 1.807) is 0 Å². The van der Waals surface area contributed by atoms with Gasteiger partial charge in [0, 0.05) is 28.9 Å². The molecule has 0 saturated heterocycles. The van der Waals surface area contributed by atoms with Crippen LogP contribution in [0.3, 0.4) is 0 Å². The number of rotatable bonds is 1. The van der Waals surface area contributed by atoms with Crippen molar-refractivity contribution in [2.45, 2.75) is 6.18 Å². The topological polar surface area (TPSA) is 45.8 Å². The van der Waals surface area contributed by atoms with E-state index in [1.807, 2.05) is 0 Å². The molecule has 0 atom stereocenters. The van der Waals surface area contributed by atoms with Gasteiger partial charge < -0.3 is 4.98 Å². The fourth-order valence-electron chi connectivity index (χ4n) is 1.29. The molecule has 0 saturated carbocycles. The number of carbonyl (C=O) groups is 1. The molecule has 0 aliphatic carbocycles. The largest absolute Gasteiger partial charge is 0.433 e. The number of fused-ring (bicyclic) bond motifs is 1. The number of nitrogens with one attached hydrogen (secondary N) is 1. The first-order valence-electron chi connectivity index (χ1n) is 4.02. The summed E-state index contributed by atoms with van der Waals surface area (Å²) in [6.45, 7) is 0. The van der Waals surface area contributed by atoms with E-state index in [9.17, 15) is 18.0 Å². The molecule has 2 aromatic rings. The van der Waals surface area contributed by atoms with E-state index in [1.165, 1.54) is 6.20 Å². The predicted octanol–water partition coefficient (Wildman–Crippen LogP) is 2.39. The first kappa shape index (κ1) is 9.70. The Labute approximate surface area is 81.9 Å². The quantitative estimate of drug-likeness (QED) is 0.741.